The van der Waals surface area contributed by atoms with E-state index >= 15 is 0 Å². The predicted octanol–water partition coefficient (Wildman–Crippen LogP) is 3.71. The SMILES string of the molecule is O=C1C(=O)N(CN2CCc3sccc3[C@H]2c2ccccc2)C(=O)N1Cc1cccs1. The van der Waals surface area contributed by atoms with Gasteiger partial charge in [0.05, 0.1) is 19.3 Å². The Balaban J connectivity index is 1.42. The lowest BCUT2D eigenvalue weighted by Gasteiger charge is -2.37. The van der Waals surface area contributed by atoms with Gasteiger partial charge in [-0.1, -0.05) is 36.4 Å². The number of fused-ring (bicyclic) bond motifs is 1. The largest absolute Gasteiger partial charge is 0.335 e. The third-order valence-electron chi connectivity index (χ3n) is 5.53. The Morgan fingerprint density at radius 3 is 2.43 bits per heavy atom. The molecule has 0 bridgehead atoms. The van der Waals surface area contributed by atoms with Crippen LogP contribution in [0.15, 0.2) is 59.3 Å². The predicted molar refractivity (Wildman–Crippen MR) is 115 cm³/mol. The molecule has 2 aliphatic heterocycles. The van der Waals surface area contributed by atoms with E-state index in [-0.39, 0.29) is 19.3 Å². The molecule has 6 nitrogen and oxygen atoms in total. The Labute approximate surface area is 181 Å². The molecule has 2 aliphatic rings. The number of carbonyl (C=O) groups excluding carboxylic acids is 3. The molecule has 0 aliphatic carbocycles. The van der Waals surface area contributed by atoms with E-state index in [1.807, 2.05) is 35.7 Å². The van der Waals surface area contributed by atoms with Gasteiger partial charge in [0.2, 0.25) is 0 Å². The van der Waals surface area contributed by atoms with Gasteiger partial charge in [0.1, 0.15) is 0 Å². The van der Waals surface area contributed by atoms with Gasteiger partial charge in [-0.2, -0.15) is 0 Å². The summed E-state index contributed by atoms with van der Waals surface area (Å²) in [5.41, 5.74) is 2.32. The lowest BCUT2D eigenvalue weighted by atomic mass is 9.94. The van der Waals surface area contributed by atoms with E-state index in [1.54, 1.807) is 11.3 Å². The summed E-state index contributed by atoms with van der Waals surface area (Å²) in [4.78, 5) is 44.6. The summed E-state index contributed by atoms with van der Waals surface area (Å²) >= 11 is 3.19. The maximum absolute atomic E-state index is 13.0. The van der Waals surface area contributed by atoms with Crippen LogP contribution in [0.1, 0.15) is 26.9 Å². The summed E-state index contributed by atoms with van der Waals surface area (Å²) in [5, 5.41) is 3.97. The molecule has 0 saturated carbocycles. The average Bonchev–Trinajstić information content (AvgIpc) is 3.49. The highest BCUT2D eigenvalue weighted by Gasteiger charge is 2.46. The van der Waals surface area contributed by atoms with Gasteiger partial charge in [0.25, 0.3) is 0 Å². The number of rotatable bonds is 5. The number of thiophene rings is 2. The Kier molecular flexibility index (Phi) is 4.98. The molecule has 0 radical (unpaired) electrons. The molecule has 0 N–H and O–H groups in total. The van der Waals surface area contributed by atoms with Crippen LogP contribution in [0.3, 0.4) is 0 Å². The number of urea groups is 1. The minimum absolute atomic E-state index is 0.0525. The van der Waals surface area contributed by atoms with Crippen molar-refractivity contribution in [1.29, 1.82) is 0 Å². The lowest BCUT2D eigenvalue weighted by Crippen LogP contribution is -2.46. The Hall–Kier alpha value is -2.81. The van der Waals surface area contributed by atoms with E-state index in [1.165, 1.54) is 21.8 Å². The van der Waals surface area contributed by atoms with Crippen molar-refractivity contribution in [1.82, 2.24) is 14.7 Å². The van der Waals surface area contributed by atoms with Crippen molar-refractivity contribution in [3.63, 3.8) is 0 Å². The quantitative estimate of drug-likeness (QED) is 0.451. The first-order chi connectivity index (χ1) is 14.6. The average molecular weight is 438 g/mol. The summed E-state index contributed by atoms with van der Waals surface area (Å²) in [6.45, 7) is 0.941. The first-order valence-electron chi connectivity index (χ1n) is 9.68. The molecule has 1 aromatic carbocycles. The molecule has 1 saturated heterocycles. The first-order valence-corrected chi connectivity index (χ1v) is 11.4. The number of benzene rings is 1. The zero-order valence-electron chi connectivity index (χ0n) is 16.1. The van der Waals surface area contributed by atoms with Gasteiger partial charge in [-0.25, -0.2) is 9.69 Å². The van der Waals surface area contributed by atoms with Crippen molar-refractivity contribution in [2.75, 3.05) is 13.2 Å². The highest BCUT2D eigenvalue weighted by Crippen LogP contribution is 2.38. The summed E-state index contributed by atoms with van der Waals surface area (Å²) < 4.78 is 0. The van der Waals surface area contributed by atoms with Crippen molar-refractivity contribution in [3.8, 4) is 0 Å². The number of imide groups is 2. The second kappa shape index (κ2) is 7.79. The van der Waals surface area contributed by atoms with E-state index in [4.69, 9.17) is 0 Å². The maximum atomic E-state index is 13.0. The van der Waals surface area contributed by atoms with Crippen LogP contribution in [0.25, 0.3) is 0 Å². The molecule has 152 valence electrons. The molecule has 4 heterocycles. The summed E-state index contributed by atoms with van der Waals surface area (Å²) in [6, 6.07) is 15.3. The zero-order chi connectivity index (χ0) is 20.7. The highest BCUT2D eigenvalue weighted by molar-refractivity contribution is 7.10. The van der Waals surface area contributed by atoms with Crippen molar-refractivity contribution in [3.05, 3.63) is 80.2 Å². The van der Waals surface area contributed by atoms with E-state index in [0.717, 1.165) is 26.7 Å². The van der Waals surface area contributed by atoms with Gasteiger partial charge in [-0.15, -0.1) is 22.7 Å². The number of amides is 4. The van der Waals surface area contributed by atoms with E-state index in [2.05, 4.69) is 28.5 Å². The molecule has 3 aromatic rings. The van der Waals surface area contributed by atoms with E-state index in [9.17, 15) is 14.4 Å². The van der Waals surface area contributed by atoms with Gasteiger partial charge in [0, 0.05) is 16.3 Å². The Morgan fingerprint density at radius 1 is 0.867 bits per heavy atom. The molecule has 30 heavy (non-hydrogen) atoms. The first kappa shape index (κ1) is 19.2. The molecule has 1 atom stereocenters. The summed E-state index contributed by atoms with van der Waals surface area (Å²) in [7, 11) is 0. The van der Waals surface area contributed by atoms with Crippen molar-refractivity contribution in [2.24, 2.45) is 0 Å². The molecule has 5 rings (SSSR count). The van der Waals surface area contributed by atoms with Crippen LogP contribution in [0.5, 0.6) is 0 Å². The van der Waals surface area contributed by atoms with E-state index in [0.29, 0.717) is 6.54 Å². The van der Waals surface area contributed by atoms with Crippen molar-refractivity contribution < 1.29 is 14.4 Å². The van der Waals surface area contributed by atoms with Crippen LogP contribution in [0.2, 0.25) is 0 Å². The molecular weight excluding hydrogens is 418 g/mol. The summed E-state index contributed by atoms with van der Waals surface area (Å²) in [5.74, 6) is -1.50. The molecule has 4 amide bonds. The maximum Gasteiger partial charge on any atom is 0.335 e. The van der Waals surface area contributed by atoms with Crippen LogP contribution in [-0.4, -0.2) is 45.8 Å². The van der Waals surface area contributed by atoms with Gasteiger partial charge < -0.3 is 0 Å². The topological polar surface area (TPSA) is 60.9 Å². The molecule has 1 fully saturated rings. The van der Waals surface area contributed by atoms with Crippen LogP contribution < -0.4 is 0 Å². The monoisotopic (exact) mass is 437 g/mol. The molecule has 2 aromatic heterocycles. The minimum atomic E-state index is -0.752. The Bertz CT molecular complexity index is 1090. The smallest absolute Gasteiger partial charge is 0.274 e. The Morgan fingerprint density at radius 2 is 1.67 bits per heavy atom. The van der Waals surface area contributed by atoms with Gasteiger partial charge in [-0.05, 0) is 40.4 Å². The van der Waals surface area contributed by atoms with E-state index < -0.39 is 17.8 Å². The lowest BCUT2D eigenvalue weighted by molar-refractivity contribution is -0.144. The number of hydrogen-bond acceptors (Lipinski definition) is 6. The third kappa shape index (κ3) is 3.27. The number of nitrogens with zero attached hydrogens (tertiary/aromatic N) is 3. The molecule has 0 unspecified atom stereocenters. The fourth-order valence-electron chi connectivity index (χ4n) is 4.10. The van der Waals surface area contributed by atoms with Gasteiger partial charge in [0.15, 0.2) is 0 Å². The normalized spacial score (nSPS) is 19.6. The van der Waals surface area contributed by atoms with Crippen molar-refractivity contribution >= 4 is 40.5 Å². The molecule has 0 spiro atoms. The number of hydrogen-bond donors (Lipinski definition) is 0. The fourth-order valence-corrected chi connectivity index (χ4v) is 5.70. The highest BCUT2D eigenvalue weighted by atomic mass is 32.1. The van der Waals surface area contributed by atoms with Crippen LogP contribution in [0, 0.1) is 0 Å². The van der Waals surface area contributed by atoms with Crippen molar-refractivity contribution in [2.45, 2.75) is 19.0 Å². The van der Waals surface area contributed by atoms with Crippen LogP contribution in [0.4, 0.5) is 4.79 Å². The number of carbonyl (C=O) groups is 3. The fraction of sp³-hybridized carbons (Fsp3) is 0.227. The standard InChI is InChI=1S/C22H19N3O3S2/c26-20-21(27)25(22(28)24(20)13-16-7-4-11-29-16)14-23-10-8-18-17(9-12-30-18)19(23)15-5-2-1-3-6-15/h1-7,9,11-12,19H,8,10,13-14H2/t19-/m1/s1. The van der Waals surface area contributed by atoms with Gasteiger partial charge >= 0.3 is 17.8 Å². The third-order valence-corrected chi connectivity index (χ3v) is 7.39. The van der Waals surface area contributed by atoms with Crippen LogP contribution in [-0.2, 0) is 22.6 Å². The molecular formula is C22H19N3O3S2. The minimum Gasteiger partial charge on any atom is -0.274 e. The zero-order valence-corrected chi connectivity index (χ0v) is 17.7. The van der Waals surface area contributed by atoms with Gasteiger partial charge in [-0.3, -0.25) is 19.4 Å². The van der Waals surface area contributed by atoms with Crippen LogP contribution >= 0.6 is 22.7 Å². The summed E-state index contributed by atoms with van der Waals surface area (Å²) in [6.07, 6.45) is 0.861. The second-order valence-electron chi connectivity index (χ2n) is 7.30. The second-order valence-corrected chi connectivity index (χ2v) is 9.34. The molecule has 8 heteroatoms.